The largest absolute Gasteiger partial charge is 0.323 e. The van der Waals surface area contributed by atoms with E-state index >= 15 is 0 Å². The van der Waals surface area contributed by atoms with Gasteiger partial charge in [0.1, 0.15) is 0 Å². The van der Waals surface area contributed by atoms with Crippen LogP contribution in [0.3, 0.4) is 0 Å². The van der Waals surface area contributed by atoms with Crippen LogP contribution < -0.4 is 5.69 Å². The summed E-state index contributed by atoms with van der Waals surface area (Å²) in [6.07, 6.45) is 1.16. The summed E-state index contributed by atoms with van der Waals surface area (Å²) in [5.74, 6) is -0.0713. The van der Waals surface area contributed by atoms with Crippen molar-refractivity contribution in [2.75, 3.05) is 6.26 Å². The Morgan fingerprint density at radius 2 is 2.00 bits per heavy atom. The Hall–Kier alpha value is -1.56. The number of hydrogen-bond donors (Lipinski definition) is 2. The first-order valence-corrected chi connectivity index (χ1v) is 6.39. The highest BCUT2D eigenvalue weighted by atomic mass is 32.2. The number of hydrogen-bond acceptors (Lipinski definition) is 3. The molecule has 0 fully saturated rings. The molecular formula is C9H10N2O3S. The molecule has 0 saturated heterocycles. The van der Waals surface area contributed by atoms with E-state index in [1.807, 2.05) is 0 Å². The second kappa shape index (κ2) is 3.23. The van der Waals surface area contributed by atoms with Crippen LogP contribution in [0.4, 0.5) is 0 Å². The molecule has 0 spiro atoms. The normalized spacial score (nSPS) is 12.1. The molecule has 1 aromatic heterocycles. The van der Waals surface area contributed by atoms with E-state index in [4.69, 9.17) is 0 Å². The number of para-hydroxylation sites is 1. The zero-order chi connectivity index (χ0) is 11.1. The van der Waals surface area contributed by atoms with Gasteiger partial charge in [0.25, 0.3) is 0 Å². The molecule has 0 bridgehead atoms. The van der Waals surface area contributed by atoms with E-state index in [9.17, 15) is 13.2 Å². The van der Waals surface area contributed by atoms with Gasteiger partial charge >= 0.3 is 5.69 Å². The molecule has 2 aromatic rings. The van der Waals surface area contributed by atoms with Gasteiger partial charge in [0.15, 0.2) is 9.84 Å². The summed E-state index contributed by atoms with van der Waals surface area (Å²) in [5.41, 5.74) is 1.47. The van der Waals surface area contributed by atoms with E-state index in [0.29, 0.717) is 16.6 Å². The van der Waals surface area contributed by atoms with E-state index in [-0.39, 0.29) is 11.4 Å². The molecule has 0 aliphatic carbocycles. The van der Waals surface area contributed by atoms with Crippen molar-refractivity contribution < 1.29 is 8.42 Å². The first-order chi connectivity index (χ1) is 6.96. The zero-order valence-corrected chi connectivity index (χ0v) is 8.89. The summed E-state index contributed by atoms with van der Waals surface area (Å²) in [5, 5.41) is 0. The van der Waals surface area contributed by atoms with Gasteiger partial charge in [-0.15, -0.1) is 0 Å². The molecule has 0 unspecified atom stereocenters. The topological polar surface area (TPSA) is 82.8 Å². The number of nitrogens with one attached hydrogen (secondary N) is 2. The molecule has 0 atom stereocenters. The molecular weight excluding hydrogens is 216 g/mol. The van der Waals surface area contributed by atoms with Crippen LogP contribution >= 0.6 is 0 Å². The van der Waals surface area contributed by atoms with Gasteiger partial charge in [-0.05, 0) is 11.6 Å². The molecule has 1 aromatic carbocycles. The minimum atomic E-state index is -3.10. The monoisotopic (exact) mass is 226 g/mol. The Morgan fingerprint density at radius 1 is 1.27 bits per heavy atom. The molecule has 1 heterocycles. The van der Waals surface area contributed by atoms with Gasteiger partial charge in [-0.1, -0.05) is 12.1 Å². The molecule has 0 radical (unpaired) electrons. The van der Waals surface area contributed by atoms with Gasteiger partial charge in [0, 0.05) is 6.26 Å². The highest BCUT2D eigenvalue weighted by molar-refractivity contribution is 7.89. The summed E-state index contributed by atoms with van der Waals surface area (Å²) < 4.78 is 22.3. The molecule has 0 aliphatic rings. The Bertz CT molecular complexity index is 651. The average Bonchev–Trinajstić information content (AvgIpc) is 2.43. The second-order valence-electron chi connectivity index (χ2n) is 3.49. The maximum Gasteiger partial charge on any atom is 0.323 e. The van der Waals surface area contributed by atoms with E-state index in [1.54, 1.807) is 18.2 Å². The number of benzene rings is 1. The summed E-state index contributed by atoms with van der Waals surface area (Å²) in [7, 11) is -3.10. The average molecular weight is 226 g/mol. The molecule has 2 rings (SSSR count). The maximum atomic E-state index is 11.1. The third kappa shape index (κ3) is 2.10. The van der Waals surface area contributed by atoms with Crippen LogP contribution in [-0.2, 0) is 15.6 Å². The van der Waals surface area contributed by atoms with Gasteiger partial charge in [-0.3, -0.25) is 0 Å². The minimum Gasteiger partial charge on any atom is -0.306 e. The summed E-state index contributed by atoms with van der Waals surface area (Å²) in [6, 6.07) is 5.12. The molecule has 15 heavy (non-hydrogen) atoms. The molecule has 5 nitrogen and oxygen atoms in total. The van der Waals surface area contributed by atoms with Crippen molar-refractivity contribution in [2.45, 2.75) is 5.75 Å². The number of fused-ring (bicyclic) bond motifs is 1. The van der Waals surface area contributed by atoms with Crippen molar-refractivity contribution in [2.24, 2.45) is 0 Å². The third-order valence-electron chi connectivity index (χ3n) is 2.06. The van der Waals surface area contributed by atoms with Gasteiger partial charge in [0.2, 0.25) is 0 Å². The third-order valence-corrected chi connectivity index (χ3v) is 2.89. The van der Waals surface area contributed by atoms with Crippen molar-refractivity contribution >= 4 is 20.9 Å². The van der Waals surface area contributed by atoms with Crippen LogP contribution in [0.2, 0.25) is 0 Å². The lowest BCUT2D eigenvalue weighted by molar-refractivity contribution is 0.601. The van der Waals surface area contributed by atoms with Crippen LogP contribution in [0.1, 0.15) is 5.56 Å². The van der Waals surface area contributed by atoms with Crippen molar-refractivity contribution in [1.82, 2.24) is 9.97 Å². The SMILES string of the molecule is CS(=O)(=O)Cc1cccc2[nH]c(=O)[nH]c12. The van der Waals surface area contributed by atoms with Gasteiger partial charge < -0.3 is 9.97 Å². The summed E-state index contributed by atoms with van der Waals surface area (Å²) in [6.45, 7) is 0. The Morgan fingerprint density at radius 3 is 2.67 bits per heavy atom. The Kier molecular flexibility index (Phi) is 2.15. The van der Waals surface area contributed by atoms with E-state index in [1.165, 1.54) is 0 Å². The predicted molar refractivity (Wildman–Crippen MR) is 57.5 cm³/mol. The molecule has 0 saturated carbocycles. The first kappa shape index (κ1) is 9.97. The summed E-state index contributed by atoms with van der Waals surface area (Å²) in [4.78, 5) is 16.2. The molecule has 6 heteroatoms. The Labute approximate surface area is 86.1 Å². The highest BCUT2D eigenvalue weighted by Crippen LogP contribution is 2.15. The van der Waals surface area contributed by atoms with Crippen LogP contribution in [0.25, 0.3) is 11.0 Å². The maximum absolute atomic E-state index is 11.1. The van der Waals surface area contributed by atoms with Crippen molar-refractivity contribution in [3.63, 3.8) is 0 Å². The number of aromatic amines is 2. The summed E-state index contributed by atoms with van der Waals surface area (Å²) >= 11 is 0. The van der Waals surface area contributed by atoms with E-state index in [0.717, 1.165) is 6.26 Å². The lowest BCUT2D eigenvalue weighted by atomic mass is 10.2. The fourth-order valence-corrected chi connectivity index (χ4v) is 2.33. The van der Waals surface area contributed by atoms with Gasteiger partial charge in [-0.25, -0.2) is 13.2 Å². The van der Waals surface area contributed by atoms with Crippen LogP contribution in [0.15, 0.2) is 23.0 Å². The second-order valence-corrected chi connectivity index (χ2v) is 5.63. The molecule has 2 N–H and O–H groups in total. The zero-order valence-electron chi connectivity index (χ0n) is 8.07. The number of sulfone groups is 1. The molecule has 80 valence electrons. The van der Waals surface area contributed by atoms with E-state index in [2.05, 4.69) is 9.97 Å². The van der Waals surface area contributed by atoms with Crippen LogP contribution in [0.5, 0.6) is 0 Å². The lowest BCUT2D eigenvalue weighted by Crippen LogP contribution is -2.02. The van der Waals surface area contributed by atoms with Crippen molar-refractivity contribution in [3.8, 4) is 0 Å². The lowest BCUT2D eigenvalue weighted by Gasteiger charge is -2.00. The van der Waals surface area contributed by atoms with Crippen molar-refractivity contribution in [3.05, 3.63) is 34.2 Å². The Balaban J connectivity index is 2.65. The van der Waals surface area contributed by atoms with Gasteiger partial charge in [0.05, 0.1) is 16.8 Å². The standard InChI is InChI=1S/C9H10N2O3S/c1-15(13,14)5-6-3-2-4-7-8(6)11-9(12)10-7/h2-4H,5H2,1H3,(H2,10,11,12). The molecule has 0 amide bonds. The first-order valence-electron chi connectivity index (χ1n) is 4.33. The number of aromatic nitrogens is 2. The van der Waals surface area contributed by atoms with E-state index < -0.39 is 9.84 Å². The number of H-pyrrole nitrogens is 2. The molecule has 0 aliphatic heterocycles. The quantitative estimate of drug-likeness (QED) is 0.777. The minimum absolute atomic E-state index is 0.0713. The number of imidazole rings is 1. The fraction of sp³-hybridized carbons (Fsp3) is 0.222. The number of rotatable bonds is 2. The smallest absolute Gasteiger partial charge is 0.306 e. The fourth-order valence-electron chi connectivity index (χ4n) is 1.52. The highest BCUT2D eigenvalue weighted by Gasteiger charge is 2.09. The predicted octanol–water partition coefficient (Wildman–Crippen LogP) is 0.401. The van der Waals surface area contributed by atoms with Crippen LogP contribution in [0, 0.1) is 0 Å². The van der Waals surface area contributed by atoms with Gasteiger partial charge in [-0.2, -0.15) is 0 Å². The van der Waals surface area contributed by atoms with Crippen LogP contribution in [-0.4, -0.2) is 24.6 Å². The van der Waals surface area contributed by atoms with Crippen molar-refractivity contribution in [1.29, 1.82) is 0 Å².